The summed E-state index contributed by atoms with van der Waals surface area (Å²) in [5, 5.41) is 0. The van der Waals surface area contributed by atoms with Crippen molar-refractivity contribution in [2.45, 2.75) is 38.5 Å². The van der Waals surface area contributed by atoms with Crippen molar-refractivity contribution < 1.29 is 4.74 Å². The third kappa shape index (κ3) is 2.60. The molecular formula is C14H20O. The molecule has 1 heteroatoms. The average Bonchev–Trinajstić information content (AvgIpc) is 2.30. The molecule has 0 spiro atoms. The maximum absolute atomic E-state index is 5.68. The normalized spacial score (nSPS) is 19.9. The first-order valence-electron chi connectivity index (χ1n) is 6.07. The van der Waals surface area contributed by atoms with Crippen molar-refractivity contribution in [3.05, 3.63) is 35.4 Å². The monoisotopic (exact) mass is 204 g/mol. The van der Waals surface area contributed by atoms with Crippen molar-refractivity contribution >= 4 is 0 Å². The predicted molar refractivity (Wildman–Crippen MR) is 63.2 cm³/mol. The van der Waals surface area contributed by atoms with E-state index in [-0.39, 0.29) is 0 Å². The number of rotatable bonds is 4. The average molecular weight is 204 g/mol. The van der Waals surface area contributed by atoms with E-state index in [0.717, 1.165) is 19.6 Å². The van der Waals surface area contributed by atoms with Crippen LogP contribution < -0.4 is 0 Å². The summed E-state index contributed by atoms with van der Waals surface area (Å²) >= 11 is 0. The lowest BCUT2D eigenvalue weighted by atomic mass is 9.83. The van der Waals surface area contributed by atoms with E-state index in [1.807, 2.05) is 0 Å². The Kier molecular flexibility index (Phi) is 3.79. The zero-order chi connectivity index (χ0) is 10.5. The van der Waals surface area contributed by atoms with Crippen molar-refractivity contribution in [2.75, 3.05) is 13.2 Å². The van der Waals surface area contributed by atoms with Crippen molar-refractivity contribution in [1.29, 1.82) is 0 Å². The quantitative estimate of drug-likeness (QED) is 0.682. The number of fused-ring (bicyclic) bond motifs is 1. The summed E-state index contributed by atoms with van der Waals surface area (Å²) in [5.41, 5.74) is 3.06. The van der Waals surface area contributed by atoms with Gasteiger partial charge in [-0.3, -0.25) is 0 Å². The molecule has 0 N–H and O–H groups in total. The molecule has 0 amide bonds. The zero-order valence-electron chi connectivity index (χ0n) is 9.54. The summed E-state index contributed by atoms with van der Waals surface area (Å²) in [4.78, 5) is 0. The van der Waals surface area contributed by atoms with Gasteiger partial charge in [0.15, 0.2) is 0 Å². The lowest BCUT2D eigenvalue weighted by molar-refractivity contribution is 0.116. The van der Waals surface area contributed by atoms with Gasteiger partial charge < -0.3 is 4.74 Å². The summed E-state index contributed by atoms with van der Waals surface area (Å²) in [6, 6.07) is 8.83. The molecule has 1 aromatic carbocycles. The van der Waals surface area contributed by atoms with Gasteiger partial charge in [-0.2, -0.15) is 0 Å². The molecule has 0 heterocycles. The molecule has 82 valence electrons. The van der Waals surface area contributed by atoms with E-state index in [1.165, 1.54) is 30.4 Å². The van der Waals surface area contributed by atoms with Crippen LogP contribution in [0.3, 0.4) is 0 Å². The summed E-state index contributed by atoms with van der Waals surface area (Å²) in [6.45, 7) is 3.97. The number of hydrogen-bond acceptors (Lipinski definition) is 1. The Balaban J connectivity index is 2.02. The SMILES string of the molecule is CCCOCC1CCCc2ccccc21. The first-order valence-corrected chi connectivity index (χ1v) is 6.07. The first kappa shape index (κ1) is 10.7. The third-order valence-electron chi connectivity index (χ3n) is 3.16. The molecule has 1 aliphatic carbocycles. The van der Waals surface area contributed by atoms with Gasteiger partial charge >= 0.3 is 0 Å². The molecule has 1 atom stereocenters. The van der Waals surface area contributed by atoms with Crippen molar-refractivity contribution in [3.8, 4) is 0 Å². The zero-order valence-corrected chi connectivity index (χ0v) is 9.54. The Morgan fingerprint density at radius 2 is 2.20 bits per heavy atom. The Bertz CT molecular complexity index is 306. The predicted octanol–water partition coefficient (Wildman–Crippen LogP) is 3.53. The molecule has 0 saturated carbocycles. The van der Waals surface area contributed by atoms with Gasteiger partial charge in [-0.1, -0.05) is 31.2 Å². The highest BCUT2D eigenvalue weighted by atomic mass is 16.5. The van der Waals surface area contributed by atoms with Gasteiger partial charge in [0.05, 0.1) is 6.61 Å². The minimum atomic E-state index is 0.640. The summed E-state index contributed by atoms with van der Waals surface area (Å²) < 4.78 is 5.68. The third-order valence-corrected chi connectivity index (χ3v) is 3.16. The summed E-state index contributed by atoms with van der Waals surface area (Å²) in [5.74, 6) is 0.640. The largest absolute Gasteiger partial charge is 0.381 e. The Labute approximate surface area is 92.5 Å². The topological polar surface area (TPSA) is 9.23 Å². The van der Waals surface area contributed by atoms with Crippen LogP contribution in [0.1, 0.15) is 43.2 Å². The van der Waals surface area contributed by atoms with Crippen molar-refractivity contribution in [1.82, 2.24) is 0 Å². The standard InChI is InChI=1S/C14H20O/c1-2-10-15-11-13-8-5-7-12-6-3-4-9-14(12)13/h3-4,6,9,13H,2,5,7-8,10-11H2,1H3. The highest BCUT2D eigenvalue weighted by Gasteiger charge is 2.19. The molecule has 0 aromatic heterocycles. The molecule has 0 fully saturated rings. The van der Waals surface area contributed by atoms with Gasteiger partial charge in [-0.15, -0.1) is 0 Å². The molecule has 0 aliphatic heterocycles. The van der Waals surface area contributed by atoms with Crippen LogP contribution in [0.2, 0.25) is 0 Å². The van der Waals surface area contributed by atoms with Crippen LogP contribution in [0.15, 0.2) is 24.3 Å². The van der Waals surface area contributed by atoms with E-state index in [4.69, 9.17) is 4.74 Å². The summed E-state index contributed by atoms with van der Waals surface area (Å²) in [7, 11) is 0. The first-order chi connectivity index (χ1) is 7.42. The second-order valence-electron chi connectivity index (χ2n) is 4.36. The molecule has 0 radical (unpaired) electrons. The van der Waals surface area contributed by atoms with Crippen molar-refractivity contribution in [2.24, 2.45) is 0 Å². The number of aryl methyl sites for hydroxylation is 1. The molecule has 1 nitrogen and oxygen atoms in total. The van der Waals surface area contributed by atoms with Gasteiger partial charge in [0, 0.05) is 12.5 Å². The second-order valence-corrected chi connectivity index (χ2v) is 4.36. The Hall–Kier alpha value is -0.820. The van der Waals surface area contributed by atoms with Crippen LogP contribution in [0.4, 0.5) is 0 Å². The smallest absolute Gasteiger partial charge is 0.0534 e. The maximum atomic E-state index is 5.68. The highest BCUT2D eigenvalue weighted by molar-refractivity contribution is 5.32. The van der Waals surface area contributed by atoms with Crippen LogP contribution in [0.5, 0.6) is 0 Å². The van der Waals surface area contributed by atoms with E-state index in [9.17, 15) is 0 Å². The molecule has 15 heavy (non-hydrogen) atoms. The van der Waals surface area contributed by atoms with Crippen molar-refractivity contribution in [3.63, 3.8) is 0 Å². The molecule has 1 aliphatic rings. The van der Waals surface area contributed by atoms with E-state index >= 15 is 0 Å². The minimum absolute atomic E-state index is 0.640. The number of benzene rings is 1. The van der Waals surface area contributed by atoms with Gasteiger partial charge in [0.1, 0.15) is 0 Å². The highest BCUT2D eigenvalue weighted by Crippen LogP contribution is 2.31. The van der Waals surface area contributed by atoms with Gasteiger partial charge in [0.25, 0.3) is 0 Å². The van der Waals surface area contributed by atoms with Crippen LogP contribution in [0.25, 0.3) is 0 Å². The summed E-state index contributed by atoms with van der Waals surface area (Å²) in [6.07, 6.45) is 4.98. The molecule has 1 unspecified atom stereocenters. The molecule has 0 bridgehead atoms. The Morgan fingerprint density at radius 1 is 1.33 bits per heavy atom. The van der Waals surface area contributed by atoms with Gasteiger partial charge in [-0.25, -0.2) is 0 Å². The van der Waals surface area contributed by atoms with Crippen LogP contribution in [0, 0.1) is 0 Å². The van der Waals surface area contributed by atoms with Gasteiger partial charge in [-0.05, 0) is 36.8 Å². The van der Waals surface area contributed by atoms with Gasteiger partial charge in [0.2, 0.25) is 0 Å². The minimum Gasteiger partial charge on any atom is -0.381 e. The van der Waals surface area contributed by atoms with E-state index in [0.29, 0.717) is 5.92 Å². The lowest BCUT2D eigenvalue weighted by Crippen LogP contribution is -2.15. The fourth-order valence-electron chi connectivity index (χ4n) is 2.40. The Morgan fingerprint density at radius 3 is 3.07 bits per heavy atom. The van der Waals surface area contributed by atoms with Crippen LogP contribution in [-0.4, -0.2) is 13.2 Å². The second kappa shape index (κ2) is 5.32. The molecule has 0 saturated heterocycles. The fourth-order valence-corrected chi connectivity index (χ4v) is 2.40. The van der Waals surface area contributed by atoms with E-state index in [2.05, 4.69) is 31.2 Å². The molecule has 1 aromatic rings. The van der Waals surface area contributed by atoms with Crippen LogP contribution in [-0.2, 0) is 11.2 Å². The number of hydrogen-bond donors (Lipinski definition) is 0. The number of ether oxygens (including phenoxy) is 1. The maximum Gasteiger partial charge on any atom is 0.0534 e. The molecule has 2 rings (SSSR count). The molecular weight excluding hydrogens is 184 g/mol. The van der Waals surface area contributed by atoms with E-state index < -0.39 is 0 Å². The lowest BCUT2D eigenvalue weighted by Gasteiger charge is -2.25. The van der Waals surface area contributed by atoms with Crippen LogP contribution >= 0.6 is 0 Å². The van der Waals surface area contributed by atoms with E-state index in [1.54, 1.807) is 0 Å². The fraction of sp³-hybridized carbons (Fsp3) is 0.571.